The number of carbonyl (C=O) groups is 1. The highest BCUT2D eigenvalue weighted by molar-refractivity contribution is 14.1. The van der Waals surface area contributed by atoms with E-state index in [4.69, 9.17) is 4.74 Å². The molecule has 0 N–H and O–H groups in total. The molecule has 0 atom stereocenters. The van der Waals surface area contributed by atoms with E-state index in [1.54, 1.807) is 18.2 Å². The number of rotatable bonds is 4. The van der Waals surface area contributed by atoms with Crippen molar-refractivity contribution >= 4 is 44.5 Å². The summed E-state index contributed by atoms with van der Waals surface area (Å²) in [5, 5.41) is 0. The molecule has 0 saturated carbocycles. The fourth-order valence-corrected chi connectivity index (χ4v) is 2.77. The minimum Gasteiger partial charge on any atom is -0.488 e. The summed E-state index contributed by atoms with van der Waals surface area (Å²) in [6.07, 6.45) is 0. The maximum absolute atomic E-state index is 11.4. The lowest BCUT2D eigenvalue weighted by atomic mass is 10.2. The lowest BCUT2D eigenvalue weighted by Gasteiger charge is -2.09. The Labute approximate surface area is 139 Å². The number of hydrogen-bond donors (Lipinski definition) is 0. The second-order valence-corrected chi connectivity index (χ2v) is 6.13. The minimum absolute atomic E-state index is 0.346. The molecule has 3 nitrogen and oxygen atoms in total. The predicted molar refractivity (Wildman–Crippen MR) is 89.0 cm³/mol. The number of halogens is 2. The van der Waals surface area contributed by atoms with Crippen molar-refractivity contribution in [2.75, 3.05) is 7.11 Å². The Morgan fingerprint density at radius 1 is 1.25 bits per heavy atom. The Morgan fingerprint density at radius 3 is 2.70 bits per heavy atom. The summed E-state index contributed by atoms with van der Waals surface area (Å²) in [5.41, 5.74) is 1.60. The van der Waals surface area contributed by atoms with Crippen molar-refractivity contribution in [1.29, 1.82) is 0 Å². The zero-order chi connectivity index (χ0) is 14.5. The maximum atomic E-state index is 11.4. The summed E-state index contributed by atoms with van der Waals surface area (Å²) in [4.78, 5) is 11.4. The Hall–Kier alpha value is -1.08. The van der Waals surface area contributed by atoms with Crippen LogP contribution in [0.2, 0.25) is 0 Å². The predicted octanol–water partition coefficient (Wildman–Crippen LogP) is 4.42. The quantitative estimate of drug-likeness (QED) is 0.515. The molecular formula is C15H12BrIO3. The molecule has 2 rings (SSSR count). The summed E-state index contributed by atoms with van der Waals surface area (Å²) < 4.78 is 12.3. The molecule has 5 heteroatoms. The molecule has 0 unspecified atom stereocenters. The molecule has 0 heterocycles. The zero-order valence-corrected chi connectivity index (χ0v) is 14.5. The Morgan fingerprint density at radius 2 is 2.05 bits per heavy atom. The van der Waals surface area contributed by atoms with Crippen LogP contribution in [0.3, 0.4) is 0 Å². The summed E-state index contributed by atoms with van der Waals surface area (Å²) in [6, 6.07) is 13.2. The van der Waals surface area contributed by atoms with Crippen LogP contribution in [0.4, 0.5) is 0 Å². The first-order valence-corrected chi connectivity index (χ1v) is 7.72. The summed E-state index contributed by atoms with van der Waals surface area (Å²) in [7, 11) is 1.37. The van der Waals surface area contributed by atoms with Crippen LogP contribution in [0.1, 0.15) is 15.9 Å². The average molecular weight is 447 g/mol. The fourth-order valence-electron chi connectivity index (χ4n) is 1.65. The van der Waals surface area contributed by atoms with E-state index in [1.165, 1.54) is 7.11 Å². The van der Waals surface area contributed by atoms with Crippen LogP contribution in [0.15, 0.2) is 46.9 Å². The number of ether oxygens (including phenoxy) is 2. The first-order chi connectivity index (χ1) is 9.60. The number of esters is 1. The van der Waals surface area contributed by atoms with Crippen LogP contribution in [-0.2, 0) is 11.3 Å². The molecule has 0 amide bonds. The Kier molecular flexibility index (Phi) is 5.42. The first-order valence-electron chi connectivity index (χ1n) is 5.85. The standard InChI is InChI=1S/C15H12BrIO3/c1-19-15(18)11-5-6-14(13(17)8-11)20-9-10-3-2-4-12(16)7-10/h2-8H,9H2,1H3. The highest BCUT2D eigenvalue weighted by atomic mass is 127. The Balaban J connectivity index is 2.08. The number of benzene rings is 2. The fraction of sp³-hybridized carbons (Fsp3) is 0.133. The molecule has 0 bridgehead atoms. The van der Waals surface area contributed by atoms with Crippen LogP contribution in [-0.4, -0.2) is 13.1 Å². The number of hydrogen-bond acceptors (Lipinski definition) is 3. The molecule has 0 aromatic heterocycles. The van der Waals surface area contributed by atoms with Gasteiger partial charge in [-0.05, 0) is 58.5 Å². The lowest BCUT2D eigenvalue weighted by Crippen LogP contribution is -2.03. The largest absolute Gasteiger partial charge is 0.488 e. The molecule has 0 aliphatic rings. The monoisotopic (exact) mass is 446 g/mol. The molecule has 0 saturated heterocycles. The van der Waals surface area contributed by atoms with Gasteiger partial charge in [0.15, 0.2) is 0 Å². The van der Waals surface area contributed by atoms with Gasteiger partial charge in [0, 0.05) is 4.47 Å². The summed E-state index contributed by atoms with van der Waals surface area (Å²) in [6.45, 7) is 0.479. The van der Waals surface area contributed by atoms with Gasteiger partial charge in [-0.15, -0.1) is 0 Å². The van der Waals surface area contributed by atoms with Crippen molar-refractivity contribution in [3.05, 3.63) is 61.6 Å². The molecule has 20 heavy (non-hydrogen) atoms. The normalized spacial score (nSPS) is 10.2. The van der Waals surface area contributed by atoms with E-state index >= 15 is 0 Å². The van der Waals surface area contributed by atoms with Gasteiger partial charge in [0.2, 0.25) is 0 Å². The molecule has 2 aromatic rings. The van der Waals surface area contributed by atoms with Gasteiger partial charge in [-0.3, -0.25) is 0 Å². The maximum Gasteiger partial charge on any atom is 0.337 e. The van der Waals surface area contributed by atoms with Crippen molar-refractivity contribution in [3.8, 4) is 5.75 Å². The van der Waals surface area contributed by atoms with E-state index < -0.39 is 0 Å². The molecule has 104 valence electrons. The van der Waals surface area contributed by atoms with E-state index in [-0.39, 0.29) is 5.97 Å². The van der Waals surface area contributed by atoms with Gasteiger partial charge in [-0.2, -0.15) is 0 Å². The van der Waals surface area contributed by atoms with Crippen LogP contribution >= 0.6 is 38.5 Å². The van der Waals surface area contributed by atoms with Crippen molar-refractivity contribution in [1.82, 2.24) is 0 Å². The molecule has 0 aliphatic carbocycles. The summed E-state index contributed by atoms with van der Waals surface area (Å²) in [5.74, 6) is 0.402. The van der Waals surface area contributed by atoms with Crippen molar-refractivity contribution in [3.63, 3.8) is 0 Å². The highest BCUT2D eigenvalue weighted by Gasteiger charge is 2.09. The van der Waals surface area contributed by atoms with Gasteiger partial charge < -0.3 is 9.47 Å². The smallest absolute Gasteiger partial charge is 0.337 e. The van der Waals surface area contributed by atoms with E-state index in [1.807, 2.05) is 24.3 Å². The summed E-state index contributed by atoms with van der Waals surface area (Å²) >= 11 is 5.57. The topological polar surface area (TPSA) is 35.5 Å². The SMILES string of the molecule is COC(=O)c1ccc(OCc2cccc(Br)c2)c(I)c1. The van der Waals surface area contributed by atoms with E-state index in [0.29, 0.717) is 12.2 Å². The van der Waals surface area contributed by atoms with Gasteiger partial charge in [0.25, 0.3) is 0 Å². The zero-order valence-electron chi connectivity index (χ0n) is 10.7. The average Bonchev–Trinajstić information content (AvgIpc) is 2.45. The van der Waals surface area contributed by atoms with Gasteiger partial charge >= 0.3 is 5.97 Å². The third kappa shape index (κ3) is 3.96. The number of methoxy groups -OCH3 is 1. The molecule has 0 aliphatic heterocycles. The second kappa shape index (κ2) is 7.08. The van der Waals surface area contributed by atoms with Gasteiger partial charge in [-0.25, -0.2) is 4.79 Å². The Bertz CT molecular complexity index is 628. The molecule has 2 aromatic carbocycles. The molecule has 0 fully saturated rings. The minimum atomic E-state index is -0.346. The van der Waals surface area contributed by atoms with Gasteiger partial charge in [-0.1, -0.05) is 28.1 Å². The van der Waals surface area contributed by atoms with Crippen LogP contribution in [0, 0.1) is 3.57 Å². The lowest BCUT2D eigenvalue weighted by molar-refractivity contribution is 0.0600. The van der Waals surface area contributed by atoms with Crippen LogP contribution < -0.4 is 4.74 Å². The van der Waals surface area contributed by atoms with Crippen molar-refractivity contribution in [2.45, 2.75) is 6.61 Å². The number of carbonyl (C=O) groups excluding carboxylic acids is 1. The first kappa shape index (κ1) is 15.3. The van der Waals surface area contributed by atoms with E-state index in [9.17, 15) is 4.79 Å². The molecular weight excluding hydrogens is 435 g/mol. The molecule has 0 radical (unpaired) electrons. The third-order valence-corrected chi connectivity index (χ3v) is 3.97. The van der Waals surface area contributed by atoms with E-state index in [2.05, 4.69) is 43.3 Å². The van der Waals surface area contributed by atoms with E-state index in [0.717, 1.165) is 19.4 Å². The van der Waals surface area contributed by atoms with Crippen LogP contribution in [0.5, 0.6) is 5.75 Å². The van der Waals surface area contributed by atoms with Crippen molar-refractivity contribution in [2.24, 2.45) is 0 Å². The van der Waals surface area contributed by atoms with Crippen LogP contribution in [0.25, 0.3) is 0 Å². The third-order valence-electron chi connectivity index (χ3n) is 2.64. The second-order valence-electron chi connectivity index (χ2n) is 4.06. The van der Waals surface area contributed by atoms with Gasteiger partial charge in [0.1, 0.15) is 12.4 Å². The van der Waals surface area contributed by atoms with Crippen molar-refractivity contribution < 1.29 is 14.3 Å². The van der Waals surface area contributed by atoms with Gasteiger partial charge in [0.05, 0.1) is 16.2 Å². The highest BCUT2D eigenvalue weighted by Crippen LogP contribution is 2.24. The molecule has 0 spiro atoms.